The lowest BCUT2D eigenvalue weighted by Crippen LogP contribution is -2.29. The average molecular weight is 561 g/mol. The number of nitrogens with zero attached hydrogens (tertiary/aromatic N) is 2. The standard InChI is InChI=1S/C37H24N2O4/c1-21-11-13-22(14-12-21)37(31-9-5-3-7-25(31)26-8-4-6-10-32(26)37)23-15-17-24(18-16-23)39-35(42)29-19-27-28(20-30(29)36(39)43)34(41)38(2)33(27)40/h3-20H,1-2H3. The summed E-state index contributed by atoms with van der Waals surface area (Å²) in [7, 11) is 1.39. The fourth-order valence-corrected chi connectivity index (χ4v) is 7.02. The van der Waals surface area contributed by atoms with Crippen molar-refractivity contribution in [3.63, 3.8) is 0 Å². The normalized spacial score (nSPS) is 13.4. The van der Waals surface area contributed by atoms with Crippen LogP contribution in [0.25, 0.3) is 38.4 Å². The Hall–Kier alpha value is -5.62. The van der Waals surface area contributed by atoms with Gasteiger partial charge in [-0.2, -0.15) is 0 Å². The third-order valence-electron chi connectivity index (χ3n) is 9.09. The van der Waals surface area contributed by atoms with Gasteiger partial charge in [-0.15, -0.1) is 0 Å². The van der Waals surface area contributed by atoms with Crippen molar-refractivity contribution >= 4 is 21.5 Å². The van der Waals surface area contributed by atoms with E-state index >= 15 is 0 Å². The van der Waals surface area contributed by atoms with Crippen LogP contribution in [0.1, 0.15) is 27.8 Å². The lowest BCUT2D eigenvalue weighted by atomic mass is 9.67. The van der Waals surface area contributed by atoms with E-state index in [4.69, 9.17) is 0 Å². The molecule has 0 saturated heterocycles. The quantitative estimate of drug-likeness (QED) is 0.301. The number of hydrogen-bond acceptors (Lipinski definition) is 4. The predicted molar refractivity (Wildman–Crippen MR) is 169 cm³/mol. The highest BCUT2D eigenvalue weighted by Crippen LogP contribution is 2.55. The lowest BCUT2D eigenvalue weighted by Gasteiger charge is -2.34. The fraction of sp³-hybridized carbons (Fsp3) is 0.0811. The van der Waals surface area contributed by atoms with Crippen molar-refractivity contribution in [3.05, 3.63) is 178 Å². The van der Waals surface area contributed by atoms with Crippen LogP contribution in [0.4, 0.5) is 0 Å². The minimum absolute atomic E-state index is 0.124. The first-order chi connectivity index (χ1) is 20.8. The molecule has 0 amide bonds. The summed E-state index contributed by atoms with van der Waals surface area (Å²) < 4.78 is 2.12. The van der Waals surface area contributed by atoms with Gasteiger partial charge in [0, 0.05) is 7.05 Å². The van der Waals surface area contributed by atoms with Gasteiger partial charge in [-0.25, -0.2) is 4.57 Å². The summed E-state index contributed by atoms with van der Waals surface area (Å²) in [6.45, 7) is 2.07. The van der Waals surface area contributed by atoms with Crippen LogP contribution >= 0.6 is 0 Å². The Balaban J connectivity index is 1.36. The molecule has 1 aliphatic rings. The van der Waals surface area contributed by atoms with E-state index in [-0.39, 0.29) is 21.5 Å². The molecular weight excluding hydrogens is 536 g/mol. The molecule has 0 unspecified atom stereocenters. The van der Waals surface area contributed by atoms with E-state index in [0.29, 0.717) is 5.69 Å². The summed E-state index contributed by atoms with van der Waals surface area (Å²) in [6.07, 6.45) is 0. The van der Waals surface area contributed by atoms with Gasteiger partial charge in [0.25, 0.3) is 22.2 Å². The zero-order valence-corrected chi connectivity index (χ0v) is 23.4. The maximum atomic E-state index is 13.6. The van der Waals surface area contributed by atoms with Crippen molar-refractivity contribution in [2.45, 2.75) is 12.3 Å². The number of hydrogen-bond donors (Lipinski definition) is 0. The van der Waals surface area contributed by atoms with E-state index in [1.807, 2.05) is 12.1 Å². The summed E-state index contributed by atoms with van der Waals surface area (Å²) in [5.41, 5.74) is 5.80. The summed E-state index contributed by atoms with van der Waals surface area (Å²) in [6, 6.07) is 35.8. The molecule has 0 fully saturated rings. The van der Waals surface area contributed by atoms with Crippen molar-refractivity contribution in [2.24, 2.45) is 7.05 Å². The molecule has 0 bridgehead atoms. The lowest BCUT2D eigenvalue weighted by molar-refractivity contribution is 0.767. The van der Waals surface area contributed by atoms with Gasteiger partial charge < -0.3 is 0 Å². The molecule has 43 heavy (non-hydrogen) atoms. The van der Waals surface area contributed by atoms with Crippen molar-refractivity contribution in [1.82, 2.24) is 9.13 Å². The van der Waals surface area contributed by atoms with Crippen molar-refractivity contribution < 1.29 is 0 Å². The molecule has 0 aliphatic heterocycles. The molecule has 8 rings (SSSR count). The monoisotopic (exact) mass is 560 g/mol. The van der Waals surface area contributed by atoms with Gasteiger partial charge in [0.1, 0.15) is 0 Å². The van der Waals surface area contributed by atoms with E-state index < -0.39 is 27.7 Å². The van der Waals surface area contributed by atoms with Crippen LogP contribution in [0.5, 0.6) is 0 Å². The molecule has 2 aromatic heterocycles. The highest BCUT2D eigenvalue weighted by atomic mass is 16.2. The zero-order valence-electron chi connectivity index (χ0n) is 23.4. The number of benzene rings is 5. The van der Waals surface area contributed by atoms with E-state index in [0.717, 1.165) is 20.3 Å². The summed E-state index contributed by atoms with van der Waals surface area (Å²) >= 11 is 0. The smallest absolute Gasteiger partial charge is 0.266 e. The summed E-state index contributed by atoms with van der Waals surface area (Å²) in [5, 5.41) is 0.532. The van der Waals surface area contributed by atoms with Crippen molar-refractivity contribution in [1.29, 1.82) is 0 Å². The SMILES string of the molecule is Cc1ccc(C2(c3ccc(-n4c(=O)c5cc6c(=O)n(C)c(=O)c6cc5c4=O)cc3)c3ccccc3-c3ccccc32)cc1. The van der Waals surface area contributed by atoms with Crippen LogP contribution in [-0.4, -0.2) is 9.13 Å². The molecule has 0 spiro atoms. The van der Waals surface area contributed by atoms with E-state index in [1.54, 1.807) is 12.1 Å². The maximum absolute atomic E-state index is 13.6. The van der Waals surface area contributed by atoms with Gasteiger partial charge in [0.2, 0.25) is 0 Å². The molecule has 7 aromatic rings. The second kappa shape index (κ2) is 8.69. The first-order valence-electron chi connectivity index (χ1n) is 14.1. The Morgan fingerprint density at radius 1 is 0.512 bits per heavy atom. The molecular formula is C37H24N2O4. The Labute approximate surface area is 245 Å². The summed E-state index contributed by atoms with van der Waals surface area (Å²) in [5.74, 6) is 0. The molecule has 1 aliphatic carbocycles. The average Bonchev–Trinajstić information content (AvgIpc) is 3.56. The van der Waals surface area contributed by atoms with Gasteiger partial charge >= 0.3 is 0 Å². The minimum Gasteiger partial charge on any atom is -0.277 e. The van der Waals surface area contributed by atoms with E-state index in [1.165, 1.54) is 47.0 Å². The molecule has 0 N–H and O–H groups in total. The van der Waals surface area contributed by atoms with Gasteiger partial charge in [0.05, 0.1) is 32.6 Å². The van der Waals surface area contributed by atoms with Crippen LogP contribution in [-0.2, 0) is 12.5 Å². The largest absolute Gasteiger partial charge is 0.277 e. The van der Waals surface area contributed by atoms with Crippen LogP contribution in [0.15, 0.2) is 128 Å². The minimum atomic E-state index is -0.602. The second-order valence-electron chi connectivity index (χ2n) is 11.3. The van der Waals surface area contributed by atoms with E-state index in [9.17, 15) is 19.2 Å². The van der Waals surface area contributed by atoms with Crippen LogP contribution in [0, 0.1) is 6.92 Å². The Kier molecular flexibility index (Phi) is 5.08. The molecule has 0 atom stereocenters. The van der Waals surface area contributed by atoms with Gasteiger partial charge in [-0.3, -0.25) is 23.7 Å². The first-order valence-corrected chi connectivity index (χ1v) is 14.1. The third kappa shape index (κ3) is 3.17. The summed E-state index contributed by atoms with van der Waals surface area (Å²) in [4.78, 5) is 52.2. The maximum Gasteiger partial charge on any atom is 0.266 e. The Bertz CT molecular complexity index is 2370. The molecule has 6 nitrogen and oxygen atoms in total. The van der Waals surface area contributed by atoms with Crippen LogP contribution in [0.2, 0.25) is 0 Å². The highest BCUT2D eigenvalue weighted by Gasteiger charge is 2.45. The van der Waals surface area contributed by atoms with Gasteiger partial charge in [-0.05, 0) is 64.6 Å². The number of aromatic nitrogens is 2. The molecule has 0 radical (unpaired) electrons. The van der Waals surface area contributed by atoms with Crippen LogP contribution in [0.3, 0.4) is 0 Å². The van der Waals surface area contributed by atoms with E-state index in [2.05, 4.69) is 79.7 Å². The zero-order chi connectivity index (χ0) is 29.6. The molecule has 206 valence electrons. The topological polar surface area (TPSA) is 78.1 Å². The predicted octanol–water partition coefficient (Wildman–Crippen LogP) is 5.11. The molecule has 5 aromatic carbocycles. The second-order valence-corrected chi connectivity index (χ2v) is 11.3. The van der Waals surface area contributed by atoms with Crippen molar-refractivity contribution in [2.75, 3.05) is 0 Å². The molecule has 0 saturated carbocycles. The first kappa shape index (κ1) is 25.1. The number of fused-ring (bicyclic) bond motifs is 5. The molecule has 6 heteroatoms. The Morgan fingerprint density at radius 2 is 0.930 bits per heavy atom. The molecule has 2 heterocycles. The highest BCUT2D eigenvalue weighted by molar-refractivity contribution is 5.98. The number of aryl methyl sites for hydroxylation is 1. The van der Waals surface area contributed by atoms with Gasteiger partial charge in [0.15, 0.2) is 0 Å². The van der Waals surface area contributed by atoms with Crippen molar-refractivity contribution in [3.8, 4) is 16.8 Å². The third-order valence-corrected chi connectivity index (χ3v) is 9.09. The number of rotatable bonds is 3. The van der Waals surface area contributed by atoms with Gasteiger partial charge in [-0.1, -0.05) is 90.5 Å². The Morgan fingerprint density at radius 3 is 1.42 bits per heavy atom. The fourth-order valence-electron chi connectivity index (χ4n) is 7.02. The van der Waals surface area contributed by atoms with Crippen LogP contribution < -0.4 is 22.2 Å².